The molecule has 0 spiro atoms. The molecule has 0 amide bonds. The first kappa shape index (κ1) is 20.8. The van der Waals surface area contributed by atoms with Gasteiger partial charge in [-0.15, -0.1) is 11.3 Å². The van der Waals surface area contributed by atoms with Crippen LogP contribution in [0.5, 0.6) is 5.75 Å². The Bertz CT molecular complexity index is 920. The molecule has 1 aromatic carbocycles. The lowest BCUT2D eigenvalue weighted by Gasteiger charge is -2.11. The Morgan fingerprint density at radius 2 is 2.03 bits per heavy atom. The van der Waals surface area contributed by atoms with E-state index in [0.717, 1.165) is 40.2 Å². The molecule has 0 aliphatic carbocycles. The van der Waals surface area contributed by atoms with Crippen molar-refractivity contribution in [2.75, 3.05) is 6.54 Å². The zero-order valence-corrected chi connectivity index (χ0v) is 17.9. The van der Waals surface area contributed by atoms with Crippen molar-refractivity contribution in [2.24, 2.45) is 4.99 Å². The van der Waals surface area contributed by atoms with E-state index in [2.05, 4.69) is 34.4 Å². The molecule has 7 heteroatoms. The van der Waals surface area contributed by atoms with Crippen LogP contribution in [0.15, 0.2) is 53.7 Å². The number of aliphatic imine (C=N–C) groups is 1. The Hall–Kier alpha value is -2.93. The second-order valence-electron chi connectivity index (χ2n) is 6.56. The highest BCUT2D eigenvalue weighted by Gasteiger charge is 2.05. The van der Waals surface area contributed by atoms with Gasteiger partial charge in [-0.3, -0.25) is 4.98 Å². The summed E-state index contributed by atoms with van der Waals surface area (Å²) in [5.74, 6) is 1.59. The summed E-state index contributed by atoms with van der Waals surface area (Å²) in [6.07, 6.45) is 1.77. The molecule has 0 aliphatic rings. The van der Waals surface area contributed by atoms with Gasteiger partial charge in [-0.2, -0.15) is 0 Å². The number of thiazole rings is 1. The lowest BCUT2D eigenvalue weighted by atomic mass is 10.2. The van der Waals surface area contributed by atoms with Crippen LogP contribution < -0.4 is 15.4 Å². The number of hydrogen-bond acceptors (Lipinski definition) is 5. The van der Waals surface area contributed by atoms with Gasteiger partial charge in [0.05, 0.1) is 24.5 Å². The number of aromatic nitrogens is 2. The highest BCUT2D eigenvalue weighted by Crippen LogP contribution is 2.17. The van der Waals surface area contributed by atoms with E-state index in [1.807, 2.05) is 49.4 Å². The van der Waals surface area contributed by atoms with Crippen LogP contribution in [-0.2, 0) is 19.7 Å². The fraction of sp³-hybridized carbons (Fsp3) is 0.318. The summed E-state index contributed by atoms with van der Waals surface area (Å²) in [6, 6.07) is 13.8. The SMILES string of the molecule is CCNC(=NCc1cccc(OCc2ccccn2)c1)NCc1nc(C)c(C)s1. The number of guanidine groups is 1. The number of aryl methyl sites for hydroxylation is 2. The van der Waals surface area contributed by atoms with E-state index in [1.54, 1.807) is 17.5 Å². The van der Waals surface area contributed by atoms with Gasteiger partial charge < -0.3 is 15.4 Å². The first-order valence-electron chi connectivity index (χ1n) is 9.70. The Balaban J connectivity index is 1.58. The van der Waals surface area contributed by atoms with Gasteiger partial charge in [-0.25, -0.2) is 9.98 Å². The minimum Gasteiger partial charge on any atom is -0.487 e. The number of nitrogens with one attached hydrogen (secondary N) is 2. The molecule has 0 atom stereocenters. The number of nitrogens with zero attached hydrogens (tertiary/aromatic N) is 3. The summed E-state index contributed by atoms with van der Waals surface area (Å²) in [4.78, 5) is 14.8. The van der Waals surface area contributed by atoms with Crippen LogP contribution in [-0.4, -0.2) is 22.5 Å². The molecule has 29 heavy (non-hydrogen) atoms. The number of benzene rings is 1. The standard InChI is InChI=1S/C22H27N5OS/c1-4-23-22(26-14-21-27-16(2)17(3)29-21)25-13-18-8-7-10-20(12-18)28-15-19-9-5-6-11-24-19/h5-12H,4,13-15H2,1-3H3,(H2,23,25,26). The van der Waals surface area contributed by atoms with E-state index in [-0.39, 0.29) is 0 Å². The van der Waals surface area contributed by atoms with Crippen molar-refractivity contribution < 1.29 is 4.74 Å². The summed E-state index contributed by atoms with van der Waals surface area (Å²) in [6.45, 7) is 8.67. The fourth-order valence-corrected chi connectivity index (χ4v) is 3.53. The Morgan fingerprint density at radius 3 is 2.76 bits per heavy atom. The third-order valence-electron chi connectivity index (χ3n) is 4.26. The molecule has 2 aromatic heterocycles. The van der Waals surface area contributed by atoms with Gasteiger partial charge in [0.25, 0.3) is 0 Å². The molecular weight excluding hydrogens is 382 g/mol. The Labute approximate surface area is 176 Å². The Kier molecular flexibility index (Phi) is 7.58. The molecule has 0 saturated carbocycles. The minimum absolute atomic E-state index is 0.449. The van der Waals surface area contributed by atoms with Crippen LogP contribution in [0.4, 0.5) is 0 Å². The van der Waals surface area contributed by atoms with Crippen molar-refractivity contribution in [3.8, 4) is 5.75 Å². The summed E-state index contributed by atoms with van der Waals surface area (Å²) in [5, 5.41) is 7.70. The smallest absolute Gasteiger partial charge is 0.191 e. The molecule has 0 unspecified atom stereocenters. The van der Waals surface area contributed by atoms with E-state index in [0.29, 0.717) is 19.7 Å². The molecule has 0 radical (unpaired) electrons. The van der Waals surface area contributed by atoms with Gasteiger partial charge in [0, 0.05) is 17.6 Å². The van der Waals surface area contributed by atoms with Crippen LogP contribution in [0, 0.1) is 13.8 Å². The van der Waals surface area contributed by atoms with Crippen LogP contribution in [0.1, 0.15) is 33.8 Å². The van der Waals surface area contributed by atoms with Crippen molar-refractivity contribution in [1.82, 2.24) is 20.6 Å². The largest absolute Gasteiger partial charge is 0.487 e. The molecule has 152 valence electrons. The molecule has 0 saturated heterocycles. The number of hydrogen-bond donors (Lipinski definition) is 2. The molecule has 3 rings (SSSR count). The minimum atomic E-state index is 0.449. The molecular formula is C22H27N5OS. The molecule has 0 aliphatic heterocycles. The van der Waals surface area contributed by atoms with E-state index in [4.69, 9.17) is 9.73 Å². The topological polar surface area (TPSA) is 71.4 Å². The highest BCUT2D eigenvalue weighted by atomic mass is 32.1. The quantitative estimate of drug-likeness (QED) is 0.435. The van der Waals surface area contributed by atoms with E-state index in [1.165, 1.54) is 4.88 Å². The average molecular weight is 410 g/mol. The molecule has 6 nitrogen and oxygen atoms in total. The Morgan fingerprint density at radius 1 is 1.14 bits per heavy atom. The number of ether oxygens (including phenoxy) is 1. The van der Waals surface area contributed by atoms with Gasteiger partial charge in [0.1, 0.15) is 17.4 Å². The first-order valence-corrected chi connectivity index (χ1v) is 10.5. The third-order valence-corrected chi connectivity index (χ3v) is 5.33. The van der Waals surface area contributed by atoms with Crippen LogP contribution in [0.25, 0.3) is 0 Å². The van der Waals surface area contributed by atoms with E-state index in [9.17, 15) is 0 Å². The van der Waals surface area contributed by atoms with Crippen LogP contribution in [0.3, 0.4) is 0 Å². The number of pyridine rings is 1. The van der Waals surface area contributed by atoms with Gasteiger partial charge in [0.15, 0.2) is 5.96 Å². The maximum Gasteiger partial charge on any atom is 0.191 e. The zero-order valence-electron chi connectivity index (χ0n) is 17.1. The molecule has 3 aromatic rings. The van der Waals surface area contributed by atoms with E-state index < -0.39 is 0 Å². The van der Waals surface area contributed by atoms with Gasteiger partial charge in [0.2, 0.25) is 0 Å². The van der Waals surface area contributed by atoms with Crippen molar-refractivity contribution in [3.63, 3.8) is 0 Å². The van der Waals surface area contributed by atoms with Gasteiger partial charge >= 0.3 is 0 Å². The average Bonchev–Trinajstić information content (AvgIpc) is 3.07. The molecule has 0 fully saturated rings. The van der Waals surface area contributed by atoms with Gasteiger partial charge in [-0.05, 0) is 50.6 Å². The lowest BCUT2D eigenvalue weighted by molar-refractivity contribution is 0.301. The van der Waals surface area contributed by atoms with Crippen molar-refractivity contribution in [3.05, 3.63) is 75.5 Å². The monoisotopic (exact) mass is 409 g/mol. The maximum atomic E-state index is 5.86. The summed E-state index contributed by atoms with van der Waals surface area (Å²) in [7, 11) is 0. The second-order valence-corrected chi connectivity index (χ2v) is 7.84. The zero-order chi connectivity index (χ0) is 20.5. The second kappa shape index (κ2) is 10.6. The molecule has 2 heterocycles. The summed E-state index contributed by atoms with van der Waals surface area (Å²) < 4.78 is 5.86. The third kappa shape index (κ3) is 6.57. The fourth-order valence-electron chi connectivity index (χ4n) is 2.66. The predicted octanol–water partition coefficient (Wildman–Crippen LogP) is 3.99. The molecule has 2 N–H and O–H groups in total. The lowest BCUT2D eigenvalue weighted by Crippen LogP contribution is -2.36. The van der Waals surface area contributed by atoms with Crippen LogP contribution in [0.2, 0.25) is 0 Å². The summed E-state index contributed by atoms with van der Waals surface area (Å²) in [5.41, 5.74) is 3.08. The normalized spacial score (nSPS) is 11.3. The first-order chi connectivity index (χ1) is 14.1. The van der Waals surface area contributed by atoms with Crippen molar-refractivity contribution in [2.45, 2.75) is 40.5 Å². The van der Waals surface area contributed by atoms with Crippen molar-refractivity contribution in [1.29, 1.82) is 0 Å². The maximum absolute atomic E-state index is 5.86. The predicted molar refractivity (Wildman–Crippen MR) is 118 cm³/mol. The van der Waals surface area contributed by atoms with Gasteiger partial charge in [-0.1, -0.05) is 18.2 Å². The van der Waals surface area contributed by atoms with Crippen LogP contribution >= 0.6 is 11.3 Å². The van der Waals surface area contributed by atoms with E-state index >= 15 is 0 Å². The highest BCUT2D eigenvalue weighted by molar-refractivity contribution is 7.11. The van der Waals surface area contributed by atoms with Crippen molar-refractivity contribution >= 4 is 17.3 Å². The molecule has 0 bridgehead atoms. The number of rotatable bonds is 8. The summed E-state index contributed by atoms with van der Waals surface area (Å²) >= 11 is 1.72.